The van der Waals surface area contributed by atoms with E-state index in [1.165, 1.54) is 0 Å². The Bertz CT molecular complexity index is 813. The quantitative estimate of drug-likeness (QED) is 0.752. The minimum Gasteiger partial charge on any atom is -0.484 e. The topological polar surface area (TPSA) is 69.0 Å². The zero-order valence-electron chi connectivity index (χ0n) is 12.9. The maximum atomic E-state index is 11.8. The molecule has 6 heteroatoms. The fraction of sp³-hybridized carbons (Fsp3) is 0.235. The van der Waals surface area contributed by atoms with Gasteiger partial charge in [-0.15, -0.1) is 10.2 Å². The van der Waals surface area contributed by atoms with E-state index >= 15 is 0 Å². The Morgan fingerprint density at radius 2 is 2.04 bits per heavy atom. The van der Waals surface area contributed by atoms with Crippen LogP contribution in [0.4, 0.5) is 0 Å². The fourth-order valence-electron chi connectivity index (χ4n) is 2.30. The molecule has 0 bridgehead atoms. The average Bonchev–Trinajstić information content (AvgIpc) is 2.98. The van der Waals surface area contributed by atoms with Crippen molar-refractivity contribution in [3.05, 3.63) is 54.6 Å². The highest BCUT2D eigenvalue weighted by molar-refractivity contribution is 5.84. The first kappa shape index (κ1) is 15.0. The summed E-state index contributed by atoms with van der Waals surface area (Å²) in [7, 11) is 1.87. The van der Waals surface area contributed by atoms with Gasteiger partial charge in [0.1, 0.15) is 17.9 Å². The van der Waals surface area contributed by atoms with Crippen molar-refractivity contribution in [1.82, 2.24) is 20.1 Å². The molecule has 1 aromatic heterocycles. The Balaban J connectivity index is 1.47. The molecular formula is C17H18N4O2. The number of amides is 1. The minimum atomic E-state index is -0.152. The smallest absolute Gasteiger partial charge is 0.257 e. The van der Waals surface area contributed by atoms with Gasteiger partial charge >= 0.3 is 0 Å². The third-order valence-corrected chi connectivity index (χ3v) is 3.57. The number of ether oxygens (including phenoxy) is 1. The molecule has 118 valence electrons. The van der Waals surface area contributed by atoms with Crippen LogP contribution in [0.3, 0.4) is 0 Å². The number of aromatic nitrogens is 3. The van der Waals surface area contributed by atoms with Crippen molar-refractivity contribution in [3.8, 4) is 5.75 Å². The van der Waals surface area contributed by atoms with Gasteiger partial charge in [0.2, 0.25) is 0 Å². The summed E-state index contributed by atoms with van der Waals surface area (Å²) in [6, 6.07) is 13.8. The van der Waals surface area contributed by atoms with Crippen molar-refractivity contribution in [1.29, 1.82) is 0 Å². The second kappa shape index (κ2) is 6.91. The van der Waals surface area contributed by atoms with E-state index in [9.17, 15) is 4.79 Å². The van der Waals surface area contributed by atoms with Crippen molar-refractivity contribution in [2.45, 2.75) is 6.42 Å². The lowest BCUT2D eigenvalue weighted by Gasteiger charge is -2.08. The summed E-state index contributed by atoms with van der Waals surface area (Å²) in [5, 5.41) is 12.8. The zero-order valence-corrected chi connectivity index (χ0v) is 12.9. The number of aryl methyl sites for hydroxylation is 1. The van der Waals surface area contributed by atoms with Gasteiger partial charge in [-0.25, -0.2) is 0 Å². The first-order valence-electron chi connectivity index (χ1n) is 7.43. The molecule has 0 aliphatic heterocycles. The van der Waals surface area contributed by atoms with Gasteiger partial charge < -0.3 is 14.6 Å². The van der Waals surface area contributed by atoms with Gasteiger partial charge in [-0.1, -0.05) is 30.3 Å². The normalized spacial score (nSPS) is 10.7. The van der Waals surface area contributed by atoms with Crippen LogP contribution >= 0.6 is 0 Å². The summed E-state index contributed by atoms with van der Waals surface area (Å²) in [6.07, 6.45) is 2.28. The highest BCUT2D eigenvalue weighted by Crippen LogP contribution is 2.20. The number of benzene rings is 2. The van der Waals surface area contributed by atoms with E-state index in [2.05, 4.69) is 15.5 Å². The predicted octanol–water partition coefficient (Wildman–Crippen LogP) is 1.71. The third kappa shape index (κ3) is 3.85. The molecule has 0 saturated carbocycles. The predicted molar refractivity (Wildman–Crippen MR) is 87.2 cm³/mol. The van der Waals surface area contributed by atoms with Gasteiger partial charge in [-0.3, -0.25) is 4.79 Å². The molecule has 3 aromatic rings. The lowest BCUT2D eigenvalue weighted by molar-refractivity contribution is -0.123. The molecule has 2 aromatic carbocycles. The van der Waals surface area contributed by atoms with Crippen molar-refractivity contribution in [2.24, 2.45) is 7.05 Å². The Morgan fingerprint density at radius 1 is 1.22 bits per heavy atom. The molecule has 1 amide bonds. The molecule has 3 rings (SSSR count). The van der Waals surface area contributed by atoms with E-state index in [1.54, 1.807) is 6.33 Å². The van der Waals surface area contributed by atoms with Gasteiger partial charge in [0.05, 0.1) is 0 Å². The van der Waals surface area contributed by atoms with Crippen LogP contribution in [0, 0.1) is 0 Å². The van der Waals surface area contributed by atoms with Crippen LogP contribution in [0.5, 0.6) is 5.75 Å². The number of carbonyl (C=O) groups excluding carboxylic acids is 1. The Labute approximate surface area is 134 Å². The minimum absolute atomic E-state index is 0.00282. The third-order valence-electron chi connectivity index (χ3n) is 3.57. The van der Waals surface area contributed by atoms with E-state index in [-0.39, 0.29) is 12.5 Å². The number of nitrogens with one attached hydrogen (secondary N) is 1. The van der Waals surface area contributed by atoms with Crippen LogP contribution < -0.4 is 10.1 Å². The van der Waals surface area contributed by atoms with Crippen LogP contribution in [0.25, 0.3) is 10.8 Å². The van der Waals surface area contributed by atoms with Crippen LogP contribution in [0.2, 0.25) is 0 Å². The first-order chi connectivity index (χ1) is 11.2. The summed E-state index contributed by atoms with van der Waals surface area (Å²) in [5.74, 6) is 1.37. The van der Waals surface area contributed by atoms with Crippen LogP contribution in [0.1, 0.15) is 5.82 Å². The molecular weight excluding hydrogens is 292 g/mol. The molecule has 23 heavy (non-hydrogen) atoms. The number of carbonyl (C=O) groups is 1. The van der Waals surface area contributed by atoms with Gasteiger partial charge in [-0.05, 0) is 22.9 Å². The van der Waals surface area contributed by atoms with E-state index in [0.29, 0.717) is 18.7 Å². The number of hydrogen-bond donors (Lipinski definition) is 1. The Hall–Kier alpha value is -2.89. The second-order valence-corrected chi connectivity index (χ2v) is 5.26. The van der Waals surface area contributed by atoms with Crippen molar-refractivity contribution in [3.63, 3.8) is 0 Å². The molecule has 1 N–H and O–H groups in total. The van der Waals surface area contributed by atoms with Gasteiger partial charge in [0, 0.05) is 20.0 Å². The zero-order chi connectivity index (χ0) is 16.1. The summed E-state index contributed by atoms with van der Waals surface area (Å²) < 4.78 is 7.37. The molecule has 0 unspecified atom stereocenters. The summed E-state index contributed by atoms with van der Waals surface area (Å²) in [5.41, 5.74) is 0. The van der Waals surface area contributed by atoms with Crippen LogP contribution in [0.15, 0.2) is 48.8 Å². The number of rotatable bonds is 6. The van der Waals surface area contributed by atoms with Crippen molar-refractivity contribution >= 4 is 16.7 Å². The van der Waals surface area contributed by atoms with Gasteiger partial charge in [0.25, 0.3) is 5.91 Å². The molecule has 0 spiro atoms. The molecule has 1 heterocycles. The number of fused-ring (bicyclic) bond motifs is 1. The van der Waals surface area contributed by atoms with Gasteiger partial charge in [0.15, 0.2) is 6.61 Å². The molecule has 0 aliphatic rings. The summed E-state index contributed by atoms with van der Waals surface area (Å²) in [4.78, 5) is 11.8. The summed E-state index contributed by atoms with van der Waals surface area (Å²) in [6.45, 7) is 0.504. The van der Waals surface area contributed by atoms with Gasteiger partial charge in [-0.2, -0.15) is 0 Å². The second-order valence-electron chi connectivity index (χ2n) is 5.26. The molecule has 6 nitrogen and oxygen atoms in total. The molecule has 0 radical (unpaired) electrons. The highest BCUT2D eigenvalue weighted by Gasteiger charge is 2.05. The van der Waals surface area contributed by atoms with Crippen molar-refractivity contribution in [2.75, 3.05) is 13.2 Å². The van der Waals surface area contributed by atoms with Crippen molar-refractivity contribution < 1.29 is 9.53 Å². The number of nitrogens with zero attached hydrogens (tertiary/aromatic N) is 3. The number of hydrogen-bond acceptors (Lipinski definition) is 4. The monoisotopic (exact) mass is 310 g/mol. The Morgan fingerprint density at radius 3 is 2.83 bits per heavy atom. The first-order valence-corrected chi connectivity index (χ1v) is 7.43. The van der Waals surface area contributed by atoms with E-state index in [0.717, 1.165) is 16.6 Å². The van der Waals surface area contributed by atoms with Crippen LogP contribution in [-0.4, -0.2) is 33.8 Å². The molecule has 0 saturated heterocycles. The van der Waals surface area contributed by atoms with E-state index < -0.39 is 0 Å². The highest BCUT2D eigenvalue weighted by atomic mass is 16.5. The average molecular weight is 310 g/mol. The largest absolute Gasteiger partial charge is 0.484 e. The Kier molecular flexibility index (Phi) is 4.52. The lowest BCUT2D eigenvalue weighted by Crippen LogP contribution is -2.31. The fourth-order valence-corrected chi connectivity index (χ4v) is 2.30. The molecule has 0 aliphatic carbocycles. The maximum Gasteiger partial charge on any atom is 0.257 e. The molecule has 0 fully saturated rings. The maximum absolute atomic E-state index is 11.8. The lowest BCUT2D eigenvalue weighted by atomic mass is 10.1. The van der Waals surface area contributed by atoms with E-state index in [4.69, 9.17) is 4.74 Å². The van der Waals surface area contributed by atoms with Crippen LogP contribution in [-0.2, 0) is 18.3 Å². The summed E-state index contributed by atoms with van der Waals surface area (Å²) >= 11 is 0. The van der Waals surface area contributed by atoms with E-state index in [1.807, 2.05) is 54.1 Å². The standard InChI is InChI=1S/C17H18N4O2/c1-21-12-19-20-16(21)8-9-18-17(22)11-23-15-7-6-13-4-2-3-5-14(13)10-15/h2-7,10,12H,8-9,11H2,1H3,(H,18,22). The molecule has 0 atom stereocenters. The SMILES string of the molecule is Cn1cnnc1CCNC(=O)COc1ccc2ccccc2c1.